The van der Waals surface area contributed by atoms with Crippen LogP contribution in [-0.2, 0) is 22.8 Å². The van der Waals surface area contributed by atoms with Crippen molar-refractivity contribution in [3.05, 3.63) is 113 Å². The van der Waals surface area contributed by atoms with Crippen molar-refractivity contribution < 1.29 is 38.1 Å². The maximum absolute atomic E-state index is 13.2. The molecule has 224 valence electrons. The molecule has 0 aliphatic carbocycles. The van der Waals surface area contributed by atoms with Crippen LogP contribution in [0.4, 0.5) is 10.5 Å². The fourth-order valence-electron chi connectivity index (χ4n) is 4.50. The highest BCUT2D eigenvalue weighted by molar-refractivity contribution is 6.39. The molecule has 1 aliphatic rings. The van der Waals surface area contributed by atoms with Gasteiger partial charge in [-0.15, -0.1) is 0 Å². The third-order valence-corrected chi connectivity index (χ3v) is 6.79. The third kappa shape index (κ3) is 6.65. The summed E-state index contributed by atoms with van der Waals surface area (Å²) in [6.07, 6.45) is 1.39. The van der Waals surface area contributed by atoms with Gasteiger partial charge in [0.1, 0.15) is 24.5 Å². The van der Waals surface area contributed by atoms with Gasteiger partial charge >= 0.3 is 6.03 Å². The summed E-state index contributed by atoms with van der Waals surface area (Å²) in [6, 6.07) is 25.9. The van der Waals surface area contributed by atoms with Crippen molar-refractivity contribution >= 4 is 29.6 Å². The molecule has 0 aromatic heterocycles. The van der Waals surface area contributed by atoms with E-state index in [0.717, 1.165) is 16.0 Å². The van der Waals surface area contributed by atoms with Crippen LogP contribution in [-0.4, -0.2) is 39.2 Å². The van der Waals surface area contributed by atoms with Crippen molar-refractivity contribution in [3.63, 3.8) is 0 Å². The van der Waals surface area contributed by atoms with Crippen LogP contribution in [0, 0.1) is 0 Å². The molecule has 1 fully saturated rings. The summed E-state index contributed by atoms with van der Waals surface area (Å²) in [5.41, 5.74) is 2.47. The Morgan fingerprint density at radius 1 is 0.659 bits per heavy atom. The van der Waals surface area contributed by atoms with Crippen molar-refractivity contribution in [1.29, 1.82) is 0 Å². The molecular weight excluding hydrogens is 564 g/mol. The first-order valence-corrected chi connectivity index (χ1v) is 13.6. The van der Waals surface area contributed by atoms with E-state index in [9.17, 15) is 14.4 Å². The Bertz CT molecular complexity index is 1700. The fourth-order valence-corrected chi connectivity index (χ4v) is 4.50. The minimum absolute atomic E-state index is 0.210. The quantitative estimate of drug-likeness (QED) is 0.178. The number of rotatable bonds is 11. The molecule has 4 amide bonds. The number of imide groups is 2. The van der Waals surface area contributed by atoms with E-state index in [1.807, 2.05) is 48.5 Å². The van der Waals surface area contributed by atoms with Crippen LogP contribution in [0.1, 0.15) is 16.7 Å². The highest BCUT2D eigenvalue weighted by Gasteiger charge is 2.36. The summed E-state index contributed by atoms with van der Waals surface area (Å²) < 4.78 is 28.2. The van der Waals surface area contributed by atoms with Crippen molar-refractivity contribution in [3.8, 4) is 28.7 Å². The lowest BCUT2D eigenvalue weighted by molar-refractivity contribution is -0.122. The van der Waals surface area contributed by atoms with Gasteiger partial charge in [0.15, 0.2) is 23.0 Å². The van der Waals surface area contributed by atoms with Crippen LogP contribution in [0.25, 0.3) is 6.08 Å². The summed E-state index contributed by atoms with van der Waals surface area (Å²) >= 11 is 0. The number of methoxy groups -OCH3 is 3. The zero-order valence-corrected chi connectivity index (χ0v) is 24.4. The second-order valence-corrected chi connectivity index (χ2v) is 9.61. The smallest absolute Gasteiger partial charge is 0.335 e. The number of nitrogens with one attached hydrogen (secondary N) is 1. The Morgan fingerprint density at radius 3 is 1.95 bits per heavy atom. The number of hydrogen-bond donors (Lipinski definition) is 1. The Balaban J connectivity index is 1.29. The second kappa shape index (κ2) is 13.5. The van der Waals surface area contributed by atoms with Gasteiger partial charge in [0.05, 0.1) is 27.0 Å². The van der Waals surface area contributed by atoms with Crippen LogP contribution >= 0.6 is 0 Å². The second-order valence-electron chi connectivity index (χ2n) is 9.61. The highest BCUT2D eigenvalue weighted by Crippen LogP contribution is 2.33. The molecule has 0 bridgehead atoms. The monoisotopic (exact) mass is 594 g/mol. The number of carbonyl (C=O) groups is 3. The Labute approximate surface area is 254 Å². The molecule has 4 aromatic carbocycles. The number of carbonyl (C=O) groups excluding carboxylic acids is 3. The van der Waals surface area contributed by atoms with Crippen LogP contribution in [0.3, 0.4) is 0 Å². The first kappa shape index (κ1) is 29.7. The lowest BCUT2D eigenvalue weighted by atomic mass is 10.1. The third-order valence-electron chi connectivity index (χ3n) is 6.79. The van der Waals surface area contributed by atoms with Gasteiger partial charge in [-0.05, 0) is 71.3 Å². The maximum Gasteiger partial charge on any atom is 0.335 e. The Hall–Kier alpha value is -5.77. The Kier molecular flexibility index (Phi) is 9.10. The van der Waals surface area contributed by atoms with Gasteiger partial charge in [0, 0.05) is 0 Å². The minimum Gasteiger partial charge on any atom is -0.497 e. The van der Waals surface area contributed by atoms with E-state index in [4.69, 9.17) is 23.7 Å². The zero-order chi connectivity index (χ0) is 31.1. The molecule has 1 aliphatic heterocycles. The number of hydrogen-bond acceptors (Lipinski definition) is 8. The highest BCUT2D eigenvalue weighted by atomic mass is 16.5. The predicted molar refractivity (Wildman–Crippen MR) is 163 cm³/mol. The standard InChI is InChI=1S/C34H30N2O8/c1-40-26-13-11-25(12-14-26)36-33(38)27(32(37)35-34(36)39)17-23-9-15-28(30(18-23)41-2)44-21-24-10-16-29(31(19-24)42-3)43-20-22-7-5-4-6-8-22/h4-19H,20-21H2,1-3H3,(H,35,37,39)/b27-17+. The van der Waals surface area contributed by atoms with Crippen molar-refractivity contribution in [2.24, 2.45) is 0 Å². The van der Waals surface area contributed by atoms with Crippen molar-refractivity contribution in [1.82, 2.24) is 5.32 Å². The first-order valence-electron chi connectivity index (χ1n) is 13.6. The predicted octanol–water partition coefficient (Wildman–Crippen LogP) is 5.54. The Morgan fingerprint density at radius 2 is 1.30 bits per heavy atom. The topological polar surface area (TPSA) is 113 Å². The number of urea groups is 1. The molecule has 10 nitrogen and oxygen atoms in total. The van der Waals surface area contributed by atoms with Gasteiger partial charge in [-0.1, -0.05) is 42.5 Å². The van der Waals surface area contributed by atoms with Gasteiger partial charge in [0.25, 0.3) is 11.8 Å². The van der Waals surface area contributed by atoms with Gasteiger partial charge in [-0.25, -0.2) is 9.69 Å². The van der Waals surface area contributed by atoms with E-state index in [0.29, 0.717) is 46.6 Å². The molecule has 44 heavy (non-hydrogen) atoms. The van der Waals surface area contributed by atoms with Crippen LogP contribution in [0.5, 0.6) is 28.7 Å². The molecular formula is C34H30N2O8. The molecule has 10 heteroatoms. The number of amides is 4. The van der Waals surface area contributed by atoms with E-state index in [-0.39, 0.29) is 12.2 Å². The van der Waals surface area contributed by atoms with Gasteiger partial charge < -0.3 is 23.7 Å². The molecule has 5 rings (SSSR count). The van der Waals surface area contributed by atoms with E-state index >= 15 is 0 Å². The summed E-state index contributed by atoms with van der Waals surface area (Å²) in [7, 11) is 4.58. The number of barbiturate groups is 1. The lowest BCUT2D eigenvalue weighted by Gasteiger charge is -2.26. The van der Waals surface area contributed by atoms with Crippen LogP contribution in [0.2, 0.25) is 0 Å². The van der Waals surface area contributed by atoms with E-state index in [1.165, 1.54) is 20.3 Å². The molecule has 0 radical (unpaired) electrons. The number of benzene rings is 4. The van der Waals surface area contributed by atoms with E-state index in [1.54, 1.807) is 49.6 Å². The van der Waals surface area contributed by atoms with Crippen molar-refractivity contribution in [2.45, 2.75) is 13.2 Å². The fraction of sp³-hybridized carbons (Fsp3) is 0.147. The number of anilines is 1. The number of ether oxygens (including phenoxy) is 5. The summed E-state index contributed by atoms with van der Waals surface area (Å²) in [4.78, 5) is 39.3. The molecule has 1 N–H and O–H groups in total. The zero-order valence-electron chi connectivity index (χ0n) is 24.4. The van der Waals surface area contributed by atoms with Gasteiger partial charge in [0.2, 0.25) is 0 Å². The molecule has 1 heterocycles. The molecule has 1 saturated heterocycles. The summed E-state index contributed by atoms with van der Waals surface area (Å²) in [6.45, 7) is 0.627. The van der Waals surface area contributed by atoms with E-state index < -0.39 is 17.8 Å². The molecule has 4 aromatic rings. The summed E-state index contributed by atoms with van der Waals surface area (Å²) in [5.74, 6) is 1.04. The molecule has 0 atom stereocenters. The maximum atomic E-state index is 13.2. The summed E-state index contributed by atoms with van der Waals surface area (Å²) in [5, 5.41) is 2.22. The minimum atomic E-state index is -0.837. The normalized spacial score (nSPS) is 13.8. The molecule has 0 spiro atoms. The number of nitrogens with zero attached hydrogens (tertiary/aromatic N) is 1. The van der Waals surface area contributed by atoms with Gasteiger partial charge in [-0.3, -0.25) is 14.9 Å². The van der Waals surface area contributed by atoms with Crippen LogP contribution in [0.15, 0.2) is 96.6 Å². The van der Waals surface area contributed by atoms with E-state index in [2.05, 4.69) is 5.32 Å². The average molecular weight is 595 g/mol. The SMILES string of the molecule is COc1ccc(N2C(=O)NC(=O)/C(=C\c3ccc(OCc4ccc(OCc5ccccc5)c(OC)c4)c(OC)c3)C2=O)cc1. The molecule has 0 saturated carbocycles. The lowest BCUT2D eigenvalue weighted by Crippen LogP contribution is -2.54. The average Bonchev–Trinajstić information content (AvgIpc) is 3.05. The first-order chi connectivity index (χ1) is 21.4. The largest absolute Gasteiger partial charge is 0.497 e. The van der Waals surface area contributed by atoms with Gasteiger partial charge in [-0.2, -0.15) is 0 Å². The molecule has 0 unspecified atom stereocenters. The van der Waals surface area contributed by atoms with Crippen molar-refractivity contribution in [2.75, 3.05) is 26.2 Å². The van der Waals surface area contributed by atoms with Crippen LogP contribution < -0.4 is 33.9 Å².